The molecule has 0 bridgehead atoms. The van der Waals surface area contributed by atoms with Crippen LogP contribution in [0.15, 0.2) is 70.7 Å². The van der Waals surface area contributed by atoms with Gasteiger partial charge in [0.1, 0.15) is 18.2 Å². The lowest BCUT2D eigenvalue weighted by molar-refractivity contribution is -0.112. The van der Waals surface area contributed by atoms with Crippen molar-refractivity contribution in [2.75, 3.05) is 12.4 Å². The quantitative estimate of drug-likeness (QED) is 0.289. The Morgan fingerprint density at radius 1 is 1.19 bits per heavy atom. The summed E-state index contributed by atoms with van der Waals surface area (Å²) in [5.41, 5.74) is 3.15. The van der Waals surface area contributed by atoms with Crippen LogP contribution in [-0.4, -0.2) is 13.0 Å². The average Bonchev–Trinajstić information content (AvgIpc) is 2.79. The Bertz CT molecular complexity index is 1200. The topological polar surface area (TPSA) is 71.3 Å². The standard InChI is InChI=1S/C25H20BrClN2O3/c1-16-7-9-17(10-8-16)15-32-24-20(26)12-18(13-23(24)31-2)11-19(14-28)25(30)29-22-6-4-3-5-21(22)27/h3-13H,15H2,1-2H3,(H,29,30)/b19-11+. The monoisotopic (exact) mass is 510 g/mol. The van der Waals surface area contributed by atoms with Crippen LogP contribution in [0.1, 0.15) is 16.7 Å². The van der Waals surface area contributed by atoms with E-state index in [1.54, 1.807) is 36.4 Å². The minimum absolute atomic E-state index is 0.0767. The highest BCUT2D eigenvalue weighted by Crippen LogP contribution is 2.38. The van der Waals surface area contributed by atoms with Gasteiger partial charge >= 0.3 is 0 Å². The summed E-state index contributed by atoms with van der Waals surface area (Å²) in [5.74, 6) is 0.446. The van der Waals surface area contributed by atoms with Gasteiger partial charge in [-0.1, -0.05) is 53.6 Å². The van der Waals surface area contributed by atoms with E-state index in [-0.39, 0.29) is 5.57 Å². The summed E-state index contributed by atoms with van der Waals surface area (Å²) in [6.45, 7) is 2.40. The Hall–Kier alpha value is -3.27. The fourth-order valence-corrected chi connectivity index (χ4v) is 3.63. The van der Waals surface area contributed by atoms with Gasteiger partial charge in [0.15, 0.2) is 11.5 Å². The lowest BCUT2D eigenvalue weighted by Crippen LogP contribution is -2.13. The number of nitriles is 1. The number of carbonyl (C=O) groups is 1. The second-order valence-corrected chi connectivity index (χ2v) is 8.17. The van der Waals surface area contributed by atoms with E-state index < -0.39 is 5.91 Å². The number of anilines is 1. The first kappa shape index (κ1) is 23.4. The molecule has 3 aromatic rings. The molecular formula is C25H20BrClN2O3. The number of rotatable bonds is 7. The molecule has 0 atom stereocenters. The molecule has 5 nitrogen and oxygen atoms in total. The van der Waals surface area contributed by atoms with Crippen molar-refractivity contribution in [1.29, 1.82) is 5.26 Å². The van der Waals surface area contributed by atoms with Crippen LogP contribution >= 0.6 is 27.5 Å². The van der Waals surface area contributed by atoms with Gasteiger partial charge in [-0.3, -0.25) is 4.79 Å². The number of nitrogens with zero attached hydrogens (tertiary/aromatic N) is 1. The largest absolute Gasteiger partial charge is 0.493 e. The van der Waals surface area contributed by atoms with Gasteiger partial charge in [0, 0.05) is 0 Å². The minimum Gasteiger partial charge on any atom is -0.493 e. The highest BCUT2D eigenvalue weighted by Gasteiger charge is 2.15. The van der Waals surface area contributed by atoms with Crippen molar-refractivity contribution in [2.24, 2.45) is 0 Å². The number of hydrogen-bond acceptors (Lipinski definition) is 4. The number of halogens is 2. The molecule has 0 saturated heterocycles. The normalized spacial score (nSPS) is 10.9. The van der Waals surface area contributed by atoms with Crippen molar-refractivity contribution >= 4 is 45.2 Å². The number of carbonyl (C=O) groups excluding carboxylic acids is 1. The third-order valence-corrected chi connectivity index (χ3v) is 5.47. The molecule has 0 fully saturated rings. The third kappa shape index (κ3) is 5.91. The van der Waals surface area contributed by atoms with Gasteiger partial charge in [-0.05, 0) is 64.3 Å². The van der Waals surface area contributed by atoms with E-state index in [0.717, 1.165) is 5.56 Å². The molecule has 32 heavy (non-hydrogen) atoms. The predicted molar refractivity (Wildman–Crippen MR) is 130 cm³/mol. The Balaban J connectivity index is 1.82. The SMILES string of the molecule is COc1cc(/C=C(\C#N)C(=O)Nc2ccccc2Cl)cc(Br)c1OCc1ccc(C)cc1. The van der Waals surface area contributed by atoms with Crippen molar-refractivity contribution in [3.05, 3.63) is 92.4 Å². The number of ether oxygens (including phenoxy) is 2. The van der Waals surface area contributed by atoms with Crippen LogP contribution in [0.5, 0.6) is 11.5 Å². The summed E-state index contributed by atoms with van der Waals surface area (Å²) in [6.07, 6.45) is 1.48. The molecule has 7 heteroatoms. The first-order chi connectivity index (χ1) is 15.4. The van der Waals surface area contributed by atoms with Gasteiger partial charge in [-0.15, -0.1) is 0 Å². The maximum absolute atomic E-state index is 12.6. The molecular weight excluding hydrogens is 492 g/mol. The summed E-state index contributed by atoms with van der Waals surface area (Å²) in [4.78, 5) is 12.6. The van der Waals surface area contributed by atoms with Crippen molar-refractivity contribution in [2.45, 2.75) is 13.5 Å². The third-order valence-electron chi connectivity index (χ3n) is 4.55. The van der Waals surface area contributed by atoms with E-state index in [4.69, 9.17) is 21.1 Å². The molecule has 3 rings (SSSR count). The minimum atomic E-state index is -0.560. The summed E-state index contributed by atoms with van der Waals surface area (Å²) in [5, 5.41) is 12.5. The Morgan fingerprint density at radius 3 is 2.56 bits per heavy atom. The zero-order chi connectivity index (χ0) is 23.1. The van der Waals surface area contributed by atoms with Crippen molar-refractivity contribution < 1.29 is 14.3 Å². The summed E-state index contributed by atoms with van der Waals surface area (Å²) in [7, 11) is 1.53. The number of methoxy groups -OCH3 is 1. The maximum Gasteiger partial charge on any atom is 0.266 e. The van der Waals surface area contributed by atoms with Crippen molar-refractivity contribution in [3.63, 3.8) is 0 Å². The lowest BCUT2D eigenvalue weighted by atomic mass is 10.1. The van der Waals surface area contributed by atoms with Crippen LogP contribution in [0.25, 0.3) is 6.08 Å². The van der Waals surface area contributed by atoms with Gasteiger partial charge in [0.05, 0.1) is 22.3 Å². The molecule has 1 N–H and O–H groups in total. The molecule has 0 aliphatic heterocycles. The number of amides is 1. The maximum atomic E-state index is 12.6. The number of benzene rings is 3. The predicted octanol–water partition coefficient (Wildman–Crippen LogP) is 6.54. The van der Waals surface area contributed by atoms with Crippen LogP contribution in [-0.2, 0) is 11.4 Å². The fraction of sp³-hybridized carbons (Fsp3) is 0.120. The van der Waals surface area contributed by atoms with E-state index >= 15 is 0 Å². The first-order valence-electron chi connectivity index (χ1n) is 9.65. The summed E-state index contributed by atoms with van der Waals surface area (Å²) < 4.78 is 12.1. The van der Waals surface area contributed by atoms with Gasteiger partial charge in [-0.2, -0.15) is 5.26 Å². The fourth-order valence-electron chi connectivity index (χ4n) is 2.87. The first-order valence-corrected chi connectivity index (χ1v) is 10.8. The average molecular weight is 512 g/mol. The Kier molecular flexibility index (Phi) is 7.93. The number of hydrogen-bond donors (Lipinski definition) is 1. The zero-order valence-corrected chi connectivity index (χ0v) is 19.8. The summed E-state index contributed by atoms with van der Waals surface area (Å²) >= 11 is 9.58. The van der Waals surface area contributed by atoms with E-state index in [1.165, 1.54) is 18.7 Å². The molecule has 0 aliphatic rings. The zero-order valence-electron chi connectivity index (χ0n) is 17.5. The molecule has 1 amide bonds. The molecule has 3 aromatic carbocycles. The summed E-state index contributed by atoms with van der Waals surface area (Å²) in [6, 6.07) is 20.3. The van der Waals surface area contributed by atoms with Gasteiger partial charge in [0.25, 0.3) is 5.91 Å². The van der Waals surface area contributed by atoms with Gasteiger partial charge < -0.3 is 14.8 Å². The second kappa shape index (κ2) is 10.9. The molecule has 0 spiro atoms. The Morgan fingerprint density at radius 2 is 1.91 bits per heavy atom. The van der Waals surface area contributed by atoms with E-state index in [9.17, 15) is 10.1 Å². The smallest absolute Gasteiger partial charge is 0.266 e. The number of nitrogens with one attached hydrogen (secondary N) is 1. The van der Waals surface area contributed by atoms with Gasteiger partial charge in [-0.25, -0.2) is 0 Å². The highest BCUT2D eigenvalue weighted by atomic mass is 79.9. The molecule has 0 radical (unpaired) electrons. The molecule has 0 unspecified atom stereocenters. The van der Waals surface area contributed by atoms with E-state index in [0.29, 0.717) is 38.9 Å². The van der Waals surface area contributed by atoms with Crippen LogP contribution in [0.4, 0.5) is 5.69 Å². The molecule has 162 valence electrons. The molecule has 0 heterocycles. The van der Waals surface area contributed by atoms with E-state index in [2.05, 4.69) is 21.2 Å². The number of aryl methyl sites for hydroxylation is 1. The van der Waals surface area contributed by atoms with Crippen molar-refractivity contribution in [1.82, 2.24) is 0 Å². The second-order valence-electron chi connectivity index (χ2n) is 6.91. The molecule has 0 saturated carbocycles. The van der Waals surface area contributed by atoms with E-state index in [1.807, 2.05) is 37.3 Å². The van der Waals surface area contributed by atoms with Crippen LogP contribution in [0, 0.1) is 18.3 Å². The highest BCUT2D eigenvalue weighted by molar-refractivity contribution is 9.10. The van der Waals surface area contributed by atoms with Crippen LogP contribution < -0.4 is 14.8 Å². The van der Waals surface area contributed by atoms with Gasteiger partial charge in [0.2, 0.25) is 0 Å². The number of para-hydroxylation sites is 1. The Labute approximate surface area is 200 Å². The van der Waals surface area contributed by atoms with Crippen LogP contribution in [0.3, 0.4) is 0 Å². The van der Waals surface area contributed by atoms with Crippen LogP contribution in [0.2, 0.25) is 5.02 Å². The molecule has 0 aliphatic carbocycles. The van der Waals surface area contributed by atoms with Crippen molar-refractivity contribution in [3.8, 4) is 17.6 Å². The lowest BCUT2D eigenvalue weighted by Gasteiger charge is -2.14. The molecule has 0 aromatic heterocycles.